The fraction of sp³-hybridized carbons (Fsp3) is 0.500. The van der Waals surface area contributed by atoms with E-state index in [0.29, 0.717) is 0 Å². The van der Waals surface area contributed by atoms with Crippen LogP contribution in [0.4, 0.5) is 0 Å². The molecule has 0 aromatic heterocycles. The molecule has 0 unspecified atom stereocenters. The maximum atomic E-state index is 11.7. The minimum Gasteiger partial charge on any atom is -0.354 e. The van der Waals surface area contributed by atoms with E-state index in [-0.39, 0.29) is 11.9 Å². The Labute approximate surface area is 103 Å². The van der Waals surface area contributed by atoms with Crippen molar-refractivity contribution in [2.75, 3.05) is 13.1 Å². The van der Waals surface area contributed by atoms with Crippen LogP contribution in [-0.2, 0) is 11.2 Å². The molecule has 3 nitrogen and oxygen atoms in total. The summed E-state index contributed by atoms with van der Waals surface area (Å²) < 4.78 is 0. The van der Waals surface area contributed by atoms with Crippen molar-refractivity contribution >= 4 is 5.91 Å². The quantitative estimate of drug-likeness (QED) is 0.824. The predicted molar refractivity (Wildman–Crippen MR) is 68.9 cm³/mol. The molecule has 1 amide bonds. The van der Waals surface area contributed by atoms with Gasteiger partial charge in [-0.1, -0.05) is 24.3 Å². The normalized spacial score (nSPS) is 19.2. The number of carbonyl (C=O) groups excluding carboxylic acids is 1. The first kappa shape index (κ1) is 12.1. The largest absolute Gasteiger partial charge is 0.354 e. The van der Waals surface area contributed by atoms with Crippen LogP contribution in [0, 0.1) is 6.92 Å². The van der Waals surface area contributed by atoms with Crippen LogP contribution < -0.4 is 10.6 Å². The lowest BCUT2D eigenvalue weighted by molar-refractivity contribution is -0.122. The molecule has 1 fully saturated rings. The molecule has 3 heteroatoms. The molecule has 0 saturated carbocycles. The zero-order chi connectivity index (χ0) is 12.1. The Bertz CT molecular complexity index is 384. The standard InChI is InChI=1S/C14H20N2O/c1-11-5-2-3-6-12(11)8-10-16-14(17)13-7-4-9-15-13/h2-3,5-6,13,15H,4,7-10H2,1H3,(H,16,17)/t13-/m1/s1. The van der Waals surface area contributed by atoms with Crippen LogP contribution >= 0.6 is 0 Å². The zero-order valence-corrected chi connectivity index (χ0v) is 10.3. The first-order valence-corrected chi connectivity index (χ1v) is 6.33. The van der Waals surface area contributed by atoms with Gasteiger partial charge in [-0.3, -0.25) is 4.79 Å². The molecule has 1 saturated heterocycles. The van der Waals surface area contributed by atoms with Crippen LogP contribution in [0.15, 0.2) is 24.3 Å². The minimum atomic E-state index is 0.0341. The third-order valence-corrected chi connectivity index (χ3v) is 3.33. The highest BCUT2D eigenvalue weighted by Gasteiger charge is 2.21. The number of carbonyl (C=O) groups is 1. The van der Waals surface area contributed by atoms with Gasteiger partial charge in [-0.15, -0.1) is 0 Å². The topological polar surface area (TPSA) is 41.1 Å². The first-order valence-electron chi connectivity index (χ1n) is 6.33. The lowest BCUT2D eigenvalue weighted by Crippen LogP contribution is -2.41. The first-order chi connectivity index (χ1) is 8.27. The van der Waals surface area contributed by atoms with Crippen molar-refractivity contribution in [2.24, 2.45) is 0 Å². The van der Waals surface area contributed by atoms with Gasteiger partial charge < -0.3 is 10.6 Å². The summed E-state index contributed by atoms with van der Waals surface area (Å²) in [5.41, 5.74) is 2.60. The Morgan fingerprint density at radius 2 is 2.29 bits per heavy atom. The average molecular weight is 232 g/mol. The van der Waals surface area contributed by atoms with Gasteiger partial charge in [0.15, 0.2) is 0 Å². The van der Waals surface area contributed by atoms with Crippen LogP contribution in [0.1, 0.15) is 24.0 Å². The summed E-state index contributed by atoms with van der Waals surface area (Å²) in [7, 11) is 0. The average Bonchev–Trinajstić information content (AvgIpc) is 2.85. The van der Waals surface area contributed by atoms with Gasteiger partial charge in [0.2, 0.25) is 5.91 Å². The van der Waals surface area contributed by atoms with Crippen molar-refractivity contribution in [3.63, 3.8) is 0 Å². The molecular weight excluding hydrogens is 212 g/mol. The molecule has 1 aliphatic heterocycles. The van der Waals surface area contributed by atoms with Crippen LogP contribution in [0.3, 0.4) is 0 Å². The number of benzene rings is 1. The molecule has 2 N–H and O–H groups in total. The molecule has 0 aliphatic carbocycles. The van der Waals surface area contributed by atoms with Crippen LogP contribution in [0.2, 0.25) is 0 Å². The van der Waals surface area contributed by atoms with Crippen molar-refractivity contribution in [1.29, 1.82) is 0 Å². The summed E-state index contributed by atoms with van der Waals surface area (Å²) in [6, 6.07) is 8.35. The molecule has 1 aromatic rings. The van der Waals surface area contributed by atoms with Crippen molar-refractivity contribution in [2.45, 2.75) is 32.2 Å². The number of amides is 1. The van der Waals surface area contributed by atoms with Crippen LogP contribution in [0.25, 0.3) is 0 Å². The highest BCUT2D eigenvalue weighted by atomic mass is 16.2. The molecule has 0 radical (unpaired) electrons. The molecule has 0 spiro atoms. The van der Waals surface area contributed by atoms with E-state index in [0.717, 1.165) is 32.4 Å². The van der Waals surface area contributed by atoms with E-state index in [9.17, 15) is 4.79 Å². The Hall–Kier alpha value is -1.35. The summed E-state index contributed by atoms with van der Waals surface area (Å²) in [4.78, 5) is 11.7. The van der Waals surface area contributed by atoms with E-state index >= 15 is 0 Å². The summed E-state index contributed by atoms with van der Waals surface area (Å²) in [6.07, 6.45) is 2.98. The molecule has 1 heterocycles. The third kappa shape index (κ3) is 3.30. The van der Waals surface area contributed by atoms with Gasteiger partial charge in [-0.05, 0) is 43.9 Å². The smallest absolute Gasteiger partial charge is 0.237 e. The second kappa shape index (κ2) is 5.82. The number of hydrogen-bond acceptors (Lipinski definition) is 2. The molecule has 0 bridgehead atoms. The molecule has 1 aliphatic rings. The Kier molecular flexibility index (Phi) is 4.15. The third-order valence-electron chi connectivity index (χ3n) is 3.33. The van der Waals surface area contributed by atoms with Gasteiger partial charge in [-0.2, -0.15) is 0 Å². The van der Waals surface area contributed by atoms with Gasteiger partial charge in [-0.25, -0.2) is 0 Å². The lowest BCUT2D eigenvalue weighted by Gasteiger charge is -2.11. The molecule has 92 valence electrons. The highest BCUT2D eigenvalue weighted by Crippen LogP contribution is 2.07. The SMILES string of the molecule is Cc1ccccc1CCNC(=O)[C@H]1CCCN1. The number of rotatable bonds is 4. The van der Waals surface area contributed by atoms with Crippen molar-refractivity contribution in [3.05, 3.63) is 35.4 Å². The summed E-state index contributed by atoms with van der Waals surface area (Å²) >= 11 is 0. The van der Waals surface area contributed by atoms with Crippen molar-refractivity contribution in [1.82, 2.24) is 10.6 Å². The molecular formula is C14H20N2O. The Balaban J connectivity index is 1.76. The van der Waals surface area contributed by atoms with Gasteiger partial charge in [0.1, 0.15) is 0 Å². The second-order valence-electron chi connectivity index (χ2n) is 4.62. The predicted octanol–water partition coefficient (Wildman–Crippen LogP) is 1.41. The van der Waals surface area contributed by atoms with Gasteiger partial charge in [0.05, 0.1) is 6.04 Å². The maximum absolute atomic E-state index is 11.7. The van der Waals surface area contributed by atoms with Crippen LogP contribution in [-0.4, -0.2) is 25.0 Å². The highest BCUT2D eigenvalue weighted by molar-refractivity contribution is 5.81. The van der Waals surface area contributed by atoms with Gasteiger partial charge in [0, 0.05) is 6.54 Å². The lowest BCUT2D eigenvalue weighted by atomic mass is 10.1. The second-order valence-corrected chi connectivity index (χ2v) is 4.62. The molecule has 2 rings (SSSR count). The fourth-order valence-electron chi connectivity index (χ4n) is 2.24. The number of hydrogen-bond donors (Lipinski definition) is 2. The van der Waals surface area contributed by atoms with E-state index in [2.05, 4.69) is 29.7 Å². The minimum absolute atomic E-state index is 0.0341. The monoisotopic (exact) mass is 232 g/mol. The van der Waals surface area contributed by atoms with Crippen LogP contribution in [0.5, 0.6) is 0 Å². The van der Waals surface area contributed by atoms with E-state index in [1.54, 1.807) is 0 Å². The molecule has 1 aromatic carbocycles. The van der Waals surface area contributed by atoms with Crippen molar-refractivity contribution < 1.29 is 4.79 Å². The van der Waals surface area contributed by atoms with E-state index in [4.69, 9.17) is 0 Å². The Morgan fingerprint density at radius 3 is 3.00 bits per heavy atom. The summed E-state index contributed by atoms with van der Waals surface area (Å²) in [5, 5.41) is 6.20. The number of nitrogens with one attached hydrogen (secondary N) is 2. The van der Waals surface area contributed by atoms with E-state index in [1.807, 2.05) is 12.1 Å². The van der Waals surface area contributed by atoms with E-state index < -0.39 is 0 Å². The maximum Gasteiger partial charge on any atom is 0.237 e. The van der Waals surface area contributed by atoms with Gasteiger partial charge in [0.25, 0.3) is 0 Å². The van der Waals surface area contributed by atoms with Gasteiger partial charge >= 0.3 is 0 Å². The molecule has 17 heavy (non-hydrogen) atoms. The summed E-state index contributed by atoms with van der Waals surface area (Å²) in [6.45, 7) is 3.80. The fourth-order valence-corrected chi connectivity index (χ4v) is 2.24. The van der Waals surface area contributed by atoms with Crippen molar-refractivity contribution in [3.8, 4) is 0 Å². The summed E-state index contributed by atoms with van der Waals surface area (Å²) in [5.74, 6) is 0.149. The number of aryl methyl sites for hydroxylation is 1. The molecule has 1 atom stereocenters. The Morgan fingerprint density at radius 1 is 1.47 bits per heavy atom. The van der Waals surface area contributed by atoms with E-state index in [1.165, 1.54) is 11.1 Å². The zero-order valence-electron chi connectivity index (χ0n) is 10.3.